The third kappa shape index (κ3) is 7.20. The standard InChI is InChI=1S/C20H14F6N2O4S/c21-19(22,23)17(29)9-11-27-13-1-5-15(6-2-13)33(31,32)16-7-3-14(4-8-16)28-12-10-18(30)20(24,25)26/h1-12,27-28H/b11-9-,12-10+. The SMILES string of the molecule is O=C(/C=C\Nc1ccc(S(=O)(=O)c2ccc(N/C=C/C(=O)C(F)(F)F)cc2)cc1)C(F)(F)F. The number of alkyl halides is 6. The number of hydrogen-bond acceptors (Lipinski definition) is 6. The van der Waals surface area contributed by atoms with E-state index in [-0.39, 0.29) is 33.3 Å². The van der Waals surface area contributed by atoms with Crippen molar-refractivity contribution in [3.05, 3.63) is 73.1 Å². The molecular weight excluding hydrogens is 478 g/mol. The van der Waals surface area contributed by atoms with Gasteiger partial charge < -0.3 is 10.6 Å². The number of nitrogens with one attached hydrogen (secondary N) is 2. The molecule has 2 N–H and O–H groups in total. The number of benzene rings is 2. The summed E-state index contributed by atoms with van der Waals surface area (Å²) in [6, 6.07) is 9.84. The lowest BCUT2D eigenvalue weighted by molar-refractivity contribution is -0.165. The molecular formula is C20H14F6N2O4S. The predicted molar refractivity (Wildman–Crippen MR) is 106 cm³/mol. The van der Waals surface area contributed by atoms with Gasteiger partial charge in [-0.25, -0.2) is 8.42 Å². The monoisotopic (exact) mass is 492 g/mol. The molecule has 33 heavy (non-hydrogen) atoms. The van der Waals surface area contributed by atoms with Gasteiger partial charge in [-0.05, 0) is 48.5 Å². The van der Waals surface area contributed by atoms with Gasteiger partial charge in [-0.2, -0.15) is 26.3 Å². The summed E-state index contributed by atoms with van der Waals surface area (Å²) in [6.45, 7) is 0. The van der Waals surface area contributed by atoms with Gasteiger partial charge in [0, 0.05) is 35.9 Å². The van der Waals surface area contributed by atoms with E-state index in [2.05, 4.69) is 10.6 Å². The summed E-state index contributed by atoms with van der Waals surface area (Å²) in [5, 5.41) is 4.81. The Morgan fingerprint density at radius 3 is 1.21 bits per heavy atom. The maximum absolute atomic E-state index is 12.7. The lowest BCUT2D eigenvalue weighted by Crippen LogP contribution is -2.20. The second-order valence-corrected chi connectivity index (χ2v) is 8.18. The maximum Gasteiger partial charge on any atom is 0.454 e. The zero-order valence-corrected chi connectivity index (χ0v) is 17.1. The van der Waals surface area contributed by atoms with Crippen LogP contribution >= 0.6 is 0 Å². The third-order valence-corrected chi connectivity index (χ3v) is 5.64. The number of anilines is 2. The van der Waals surface area contributed by atoms with Crippen LogP contribution in [0.1, 0.15) is 0 Å². The number of ketones is 2. The van der Waals surface area contributed by atoms with Crippen molar-refractivity contribution in [3.63, 3.8) is 0 Å². The normalized spacial score (nSPS) is 12.8. The van der Waals surface area contributed by atoms with Crippen molar-refractivity contribution in [1.82, 2.24) is 0 Å². The van der Waals surface area contributed by atoms with Gasteiger partial charge in [-0.15, -0.1) is 0 Å². The first-order valence-electron chi connectivity index (χ1n) is 8.75. The molecule has 0 aromatic heterocycles. The molecule has 176 valence electrons. The fraction of sp³-hybridized carbons (Fsp3) is 0.100. The Morgan fingerprint density at radius 2 is 0.939 bits per heavy atom. The maximum atomic E-state index is 12.7. The molecule has 0 saturated heterocycles. The van der Waals surface area contributed by atoms with E-state index >= 15 is 0 Å². The number of allylic oxidation sites excluding steroid dienone is 2. The van der Waals surface area contributed by atoms with Crippen LogP contribution in [0.25, 0.3) is 0 Å². The number of hydrogen-bond donors (Lipinski definition) is 2. The lowest BCUT2D eigenvalue weighted by atomic mass is 10.3. The second kappa shape index (κ2) is 9.90. The van der Waals surface area contributed by atoms with Gasteiger partial charge in [0.1, 0.15) is 0 Å². The van der Waals surface area contributed by atoms with Crippen LogP contribution in [0.2, 0.25) is 0 Å². The minimum Gasteiger partial charge on any atom is -0.362 e. The molecule has 0 aliphatic carbocycles. The zero-order valence-electron chi connectivity index (χ0n) is 16.2. The minimum atomic E-state index is -5.00. The van der Waals surface area contributed by atoms with E-state index < -0.39 is 33.8 Å². The highest BCUT2D eigenvalue weighted by Crippen LogP contribution is 2.24. The van der Waals surface area contributed by atoms with Gasteiger partial charge in [0.2, 0.25) is 9.84 Å². The molecule has 0 fully saturated rings. The van der Waals surface area contributed by atoms with Crippen molar-refractivity contribution in [1.29, 1.82) is 0 Å². The first-order chi connectivity index (χ1) is 15.2. The van der Waals surface area contributed by atoms with E-state index in [0.29, 0.717) is 0 Å². The Bertz CT molecular complexity index is 1080. The molecule has 0 aliphatic rings. The van der Waals surface area contributed by atoms with E-state index in [0.717, 1.165) is 12.4 Å². The van der Waals surface area contributed by atoms with Crippen molar-refractivity contribution in [2.24, 2.45) is 0 Å². The van der Waals surface area contributed by atoms with Crippen LogP contribution in [0.5, 0.6) is 0 Å². The van der Waals surface area contributed by atoms with Gasteiger partial charge in [0.15, 0.2) is 0 Å². The summed E-state index contributed by atoms with van der Waals surface area (Å²) in [5.74, 6) is -4.12. The number of carbonyl (C=O) groups excluding carboxylic acids is 2. The Kier molecular flexibility index (Phi) is 7.69. The number of rotatable bonds is 8. The number of sulfone groups is 1. The summed E-state index contributed by atoms with van der Waals surface area (Å²) in [4.78, 5) is 21.2. The second-order valence-electron chi connectivity index (χ2n) is 6.23. The molecule has 0 radical (unpaired) electrons. The lowest BCUT2D eigenvalue weighted by Gasteiger charge is -2.08. The summed E-state index contributed by atoms with van der Waals surface area (Å²) >= 11 is 0. The third-order valence-electron chi connectivity index (χ3n) is 3.86. The van der Waals surface area contributed by atoms with Crippen molar-refractivity contribution in [2.45, 2.75) is 22.1 Å². The van der Waals surface area contributed by atoms with Crippen molar-refractivity contribution < 1.29 is 44.3 Å². The predicted octanol–water partition coefficient (Wildman–Crippen LogP) is 4.63. The van der Waals surface area contributed by atoms with Crippen molar-refractivity contribution >= 4 is 32.8 Å². The van der Waals surface area contributed by atoms with E-state index in [9.17, 15) is 44.3 Å². The first kappa shape index (κ1) is 25.6. The van der Waals surface area contributed by atoms with Crippen molar-refractivity contribution in [2.75, 3.05) is 10.6 Å². The van der Waals surface area contributed by atoms with Crippen LogP contribution in [0.4, 0.5) is 37.7 Å². The molecule has 0 atom stereocenters. The van der Waals surface area contributed by atoms with Gasteiger partial charge in [0.05, 0.1) is 9.79 Å². The highest BCUT2D eigenvalue weighted by atomic mass is 32.2. The minimum absolute atomic E-state index is 0.139. The highest BCUT2D eigenvalue weighted by molar-refractivity contribution is 7.91. The fourth-order valence-electron chi connectivity index (χ4n) is 2.21. The van der Waals surface area contributed by atoms with E-state index in [1.54, 1.807) is 0 Å². The summed E-state index contributed by atoms with van der Waals surface area (Å²) in [7, 11) is -3.98. The molecule has 0 spiro atoms. The fourth-order valence-corrected chi connectivity index (χ4v) is 3.47. The molecule has 0 bridgehead atoms. The molecule has 6 nitrogen and oxygen atoms in total. The van der Waals surface area contributed by atoms with E-state index in [1.165, 1.54) is 48.5 Å². The summed E-state index contributed by atoms with van der Waals surface area (Å²) in [6.07, 6.45) is -7.90. The molecule has 2 aromatic carbocycles. The summed E-state index contributed by atoms with van der Waals surface area (Å²) in [5.41, 5.74) is 0.444. The number of carbonyl (C=O) groups is 2. The molecule has 13 heteroatoms. The van der Waals surface area contributed by atoms with Crippen LogP contribution < -0.4 is 10.6 Å². The quantitative estimate of drug-likeness (QED) is 0.412. The molecule has 2 rings (SSSR count). The molecule has 0 heterocycles. The molecule has 0 saturated carbocycles. The summed E-state index contributed by atoms with van der Waals surface area (Å²) < 4.78 is 98.1. The van der Waals surface area contributed by atoms with E-state index in [4.69, 9.17) is 0 Å². The van der Waals surface area contributed by atoms with E-state index in [1.807, 2.05) is 0 Å². The Labute approximate surface area is 183 Å². The molecule has 2 aromatic rings. The number of halogens is 6. The van der Waals surface area contributed by atoms with Crippen LogP contribution in [-0.4, -0.2) is 32.3 Å². The van der Waals surface area contributed by atoms with Gasteiger partial charge in [-0.3, -0.25) is 9.59 Å². The van der Waals surface area contributed by atoms with Gasteiger partial charge >= 0.3 is 12.4 Å². The highest BCUT2D eigenvalue weighted by Gasteiger charge is 2.36. The van der Waals surface area contributed by atoms with Crippen LogP contribution in [-0.2, 0) is 19.4 Å². The zero-order chi connectivity index (χ0) is 24.9. The molecule has 0 aliphatic heterocycles. The van der Waals surface area contributed by atoms with Crippen LogP contribution in [0.15, 0.2) is 82.9 Å². The smallest absolute Gasteiger partial charge is 0.362 e. The van der Waals surface area contributed by atoms with Crippen molar-refractivity contribution in [3.8, 4) is 0 Å². The topological polar surface area (TPSA) is 92.3 Å². The largest absolute Gasteiger partial charge is 0.454 e. The average Bonchev–Trinajstić information content (AvgIpc) is 2.73. The molecule has 0 unspecified atom stereocenters. The van der Waals surface area contributed by atoms with Gasteiger partial charge in [-0.1, -0.05) is 0 Å². The first-order valence-corrected chi connectivity index (χ1v) is 10.2. The van der Waals surface area contributed by atoms with Gasteiger partial charge in [0.25, 0.3) is 11.6 Å². The molecule has 0 amide bonds. The Hall–Kier alpha value is -3.61. The average molecular weight is 492 g/mol. The Balaban J connectivity index is 2.06. The Morgan fingerprint density at radius 1 is 0.636 bits per heavy atom. The van der Waals surface area contributed by atoms with Crippen LogP contribution in [0.3, 0.4) is 0 Å². The van der Waals surface area contributed by atoms with Crippen LogP contribution in [0, 0.1) is 0 Å².